The first kappa shape index (κ1) is 15.6. The predicted molar refractivity (Wildman–Crippen MR) is 83.7 cm³/mol. The van der Waals surface area contributed by atoms with E-state index in [0.29, 0.717) is 18.5 Å². The van der Waals surface area contributed by atoms with Gasteiger partial charge in [0.1, 0.15) is 12.0 Å². The number of ether oxygens (including phenoxy) is 1. The first-order valence-corrected chi connectivity index (χ1v) is 7.66. The molecule has 21 heavy (non-hydrogen) atoms. The molecule has 1 aromatic heterocycles. The summed E-state index contributed by atoms with van der Waals surface area (Å²) in [6.07, 6.45) is 4.12. The van der Waals surface area contributed by atoms with Gasteiger partial charge in [-0.1, -0.05) is 39.0 Å². The molecular weight excluding hydrogens is 264 g/mol. The maximum atomic E-state index is 5.81. The molecule has 0 saturated carbocycles. The van der Waals surface area contributed by atoms with Gasteiger partial charge < -0.3 is 14.5 Å². The zero-order valence-corrected chi connectivity index (χ0v) is 13.1. The van der Waals surface area contributed by atoms with E-state index in [1.165, 1.54) is 5.56 Å². The highest BCUT2D eigenvalue weighted by atomic mass is 16.6. The molecule has 1 unspecified atom stereocenters. The Labute approximate surface area is 126 Å². The van der Waals surface area contributed by atoms with Crippen molar-refractivity contribution in [1.29, 1.82) is 0 Å². The highest BCUT2D eigenvalue weighted by molar-refractivity contribution is 5.37. The zero-order valence-electron chi connectivity index (χ0n) is 13.1. The Bertz CT molecular complexity index is 551. The molecule has 0 spiro atoms. The van der Waals surface area contributed by atoms with Gasteiger partial charge in [0.2, 0.25) is 0 Å². The maximum absolute atomic E-state index is 5.81. The molecule has 4 heteroatoms. The van der Waals surface area contributed by atoms with Gasteiger partial charge in [0.15, 0.2) is 0 Å². The molecule has 0 aliphatic heterocycles. The average molecular weight is 288 g/mol. The number of rotatable bonds is 8. The Morgan fingerprint density at radius 2 is 2.10 bits per heavy atom. The number of oxazole rings is 1. The average Bonchev–Trinajstić information content (AvgIpc) is 2.95. The largest absolute Gasteiger partial charge is 0.417 e. The fourth-order valence-corrected chi connectivity index (χ4v) is 2.10. The van der Waals surface area contributed by atoms with Crippen molar-refractivity contribution in [3.05, 3.63) is 41.8 Å². The van der Waals surface area contributed by atoms with Crippen LogP contribution in [-0.4, -0.2) is 11.5 Å². The lowest BCUT2D eigenvalue weighted by molar-refractivity contribution is 0.327. The second kappa shape index (κ2) is 7.84. The lowest BCUT2D eigenvalue weighted by atomic mass is 9.98. The van der Waals surface area contributed by atoms with Crippen molar-refractivity contribution in [2.45, 2.75) is 46.1 Å². The van der Waals surface area contributed by atoms with Crippen LogP contribution in [0.4, 0.5) is 0 Å². The van der Waals surface area contributed by atoms with Gasteiger partial charge in [-0.05, 0) is 36.9 Å². The van der Waals surface area contributed by atoms with E-state index in [2.05, 4.69) is 37.1 Å². The molecule has 0 fully saturated rings. The third-order valence-electron chi connectivity index (χ3n) is 3.52. The molecule has 114 valence electrons. The first-order valence-electron chi connectivity index (χ1n) is 7.66. The Balaban J connectivity index is 2.05. The van der Waals surface area contributed by atoms with Gasteiger partial charge in [-0.15, -0.1) is 0 Å². The summed E-state index contributed by atoms with van der Waals surface area (Å²) in [5, 5.41) is 3.29. The number of nitrogens with one attached hydrogen (secondary N) is 1. The molecular formula is C17H24N2O2. The molecule has 0 aliphatic carbocycles. The third-order valence-corrected chi connectivity index (χ3v) is 3.52. The topological polar surface area (TPSA) is 47.3 Å². The molecule has 0 aliphatic rings. The molecule has 0 amide bonds. The second-order valence-corrected chi connectivity index (χ2v) is 5.23. The quantitative estimate of drug-likeness (QED) is 0.727. The summed E-state index contributed by atoms with van der Waals surface area (Å²) in [5.74, 6) is 1.27. The fourth-order valence-electron chi connectivity index (χ4n) is 2.10. The van der Waals surface area contributed by atoms with Crippen LogP contribution in [0.1, 0.15) is 50.8 Å². The van der Waals surface area contributed by atoms with E-state index in [1.807, 2.05) is 18.2 Å². The second-order valence-electron chi connectivity index (χ2n) is 5.23. The molecule has 4 nitrogen and oxygen atoms in total. The summed E-state index contributed by atoms with van der Waals surface area (Å²) < 4.78 is 11.2. The SMILES string of the molecule is CCCNCc1coc(Oc2ccccc2C(C)CC)n1. The Kier molecular flexibility index (Phi) is 5.81. The summed E-state index contributed by atoms with van der Waals surface area (Å²) in [6, 6.07) is 8.05. The van der Waals surface area contributed by atoms with Gasteiger partial charge in [0, 0.05) is 6.54 Å². The molecule has 0 bridgehead atoms. The smallest absolute Gasteiger partial charge is 0.399 e. The summed E-state index contributed by atoms with van der Waals surface area (Å²) >= 11 is 0. The van der Waals surface area contributed by atoms with Crippen LogP contribution in [-0.2, 0) is 6.54 Å². The molecule has 0 saturated heterocycles. The standard InChI is InChI=1S/C17H24N2O2/c1-4-10-18-11-14-12-20-17(19-14)21-16-9-7-6-8-15(16)13(3)5-2/h6-9,12-13,18H,4-5,10-11H2,1-3H3. The summed E-state index contributed by atoms with van der Waals surface area (Å²) in [5.41, 5.74) is 2.04. The molecule has 2 aromatic rings. The van der Waals surface area contributed by atoms with Gasteiger partial charge in [-0.3, -0.25) is 0 Å². The van der Waals surface area contributed by atoms with E-state index in [1.54, 1.807) is 6.26 Å². The highest BCUT2D eigenvalue weighted by Crippen LogP contribution is 2.31. The number of para-hydroxylation sites is 1. The van der Waals surface area contributed by atoms with Gasteiger partial charge in [0.05, 0.1) is 5.69 Å². The highest BCUT2D eigenvalue weighted by Gasteiger charge is 2.13. The van der Waals surface area contributed by atoms with Crippen LogP contribution >= 0.6 is 0 Å². The Hall–Kier alpha value is -1.81. The maximum Gasteiger partial charge on any atom is 0.399 e. The minimum Gasteiger partial charge on any atom is -0.417 e. The predicted octanol–water partition coefficient (Wildman–Crippen LogP) is 4.48. The summed E-state index contributed by atoms with van der Waals surface area (Å²) in [4.78, 5) is 4.35. The lowest BCUT2D eigenvalue weighted by Crippen LogP contribution is -2.13. The van der Waals surface area contributed by atoms with E-state index < -0.39 is 0 Å². The number of aromatic nitrogens is 1. The molecule has 1 atom stereocenters. The van der Waals surface area contributed by atoms with E-state index in [0.717, 1.165) is 30.8 Å². The van der Waals surface area contributed by atoms with Crippen LogP contribution in [0.15, 0.2) is 34.9 Å². The van der Waals surface area contributed by atoms with Crippen LogP contribution in [0.25, 0.3) is 0 Å². The van der Waals surface area contributed by atoms with E-state index in [4.69, 9.17) is 9.15 Å². The van der Waals surface area contributed by atoms with Gasteiger partial charge in [-0.25, -0.2) is 0 Å². The first-order chi connectivity index (χ1) is 10.2. The van der Waals surface area contributed by atoms with Crippen molar-refractivity contribution in [3.63, 3.8) is 0 Å². The van der Waals surface area contributed by atoms with E-state index >= 15 is 0 Å². The van der Waals surface area contributed by atoms with Crippen molar-refractivity contribution in [3.8, 4) is 11.8 Å². The molecule has 0 radical (unpaired) electrons. The Morgan fingerprint density at radius 3 is 2.86 bits per heavy atom. The number of hydrogen-bond acceptors (Lipinski definition) is 4. The summed E-state index contributed by atoms with van der Waals surface area (Å²) in [6.45, 7) is 8.17. The fraction of sp³-hybridized carbons (Fsp3) is 0.471. The van der Waals surface area contributed by atoms with Crippen molar-refractivity contribution < 1.29 is 9.15 Å². The molecule has 2 rings (SSSR count). The van der Waals surface area contributed by atoms with Crippen LogP contribution < -0.4 is 10.1 Å². The van der Waals surface area contributed by atoms with Crippen molar-refractivity contribution in [2.75, 3.05) is 6.54 Å². The number of hydrogen-bond donors (Lipinski definition) is 1. The summed E-state index contributed by atoms with van der Waals surface area (Å²) in [7, 11) is 0. The third kappa shape index (κ3) is 4.33. The normalized spacial score (nSPS) is 12.3. The van der Waals surface area contributed by atoms with E-state index in [-0.39, 0.29) is 0 Å². The van der Waals surface area contributed by atoms with Crippen LogP contribution in [0.5, 0.6) is 11.8 Å². The monoisotopic (exact) mass is 288 g/mol. The lowest BCUT2D eigenvalue weighted by Gasteiger charge is -2.13. The minimum atomic E-state index is 0.305. The van der Waals surface area contributed by atoms with Crippen LogP contribution in [0.3, 0.4) is 0 Å². The van der Waals surface area contributed by atoms with Gasteiger partial charge >= 0.3 is 6.08 Å². The van der Waals surface area contributed by atoms with Gasteiger partial charge in [-0.2, -0.15) is 4.98 Å². The Morgan fingerprint density at radius 1 is 1.29 bits per heavy atom. The zero-order chi connectivity index (χ0) is 15.1. The van der Waals surface area contributed by atoms with Gasteiger partial charge in [0.25, 0.3) is 0 Å². The molecule has 1 aromatic carbocycles. The number of benzene rings is 1. The molecule has 1 heterocycles. The van der Waals surface area contributed by atoms with Crippen LogP contribution in [0.2, 0.25) is 0 Å². The van der Waals surface area contributed by atoms with Crippen molar-refractivity contribution in [2.24, 2.45) is 0 Å². The number of nitrogens with zero attached hydrogens (tertiary/aromatic N) is 1. The molecule has 1 N–H and O–H groups in total. The minimum absolute atomic E-state index is 0.305. The van der Waals surface area contributed by atoms with Crippen LogP contribution in [0, 0.1) is 0 Å². The van der Waals surface area contributed by atoms with Crippen molar-refractivity contribution in [1.82, 2.24) is 10.3 Å². The van der Waals surface area contributed by atoms with E-state index in [9.17, 15) is 0 Å². The van der Waals surface area contributed by atoms with Crippen molar-refractivity contribution >= 4 is 0 Å².